The first-order chi connectivity index (χ1) is 18.9. The summed E-state index contributed by atoms with van der Waals surface area (Å²) in [5.74, 6) is -2.22. The summed E-state index contributed by atoms with van der Waals surface area (Å²) in [5.41, 5.74) is 1.39. The fourth-order valence-electron chi connectivity index (χ4n) is 6.83. The van der Waals surface area contributed by atoms with Crippen LogP contribution < -0.4 is 10.6 Å². The number of hydrogen-bond donors (Lipinski definition) is 2. The first-order valence-corrected chi connectivity index (χ1v) is 14.3. The Balaban J connectivity index is 1.29. The van der Waals surface area contributed by atoms with E-state index in [0.717, 1.165) is 36.8 Å². The molecule has 1 saturated carbocycles. The van der Waals surface area contributed by atoms with E-state index in [1.807, 2.05) is 55.5 Å². The molecule has 8 heteroatoms. The van der Waals surface area contributed by atoms with Gasteiger partial charge in [-0.25, -0.2) is 0 Å². The van der Waals surface area contributed by atoms with Gasteiger partial charge in [0.05, 0.1) is 17.9 Å². The Kier molecular flexibility index (Phi) is 6.98. The number of ether oxygens (including phenoxy) is 1. The molecule has 1 spiro atoms. The molecule has 2 N–H and O–H groups in total. The number of nitrogens with zero attached hydrogens (tertiary/aromatic N) is 1. The molecule has 204 valence electrons. The van der Waals surface area contributed by atoms with Crippen LogP contribution in [0.3, 0.4) is 0 Å². The second-order valence-corrected chi connectivity index (χ2v) is 11.7. The Bertz CT molecular complexity index is 1310. The molecule has 1 aliphatic carbocycles. The first kappa shape index (κ1) is 26.1. The number of fused-ring (bicyclic) bond motifs is 1. The number of nitrogens with one attached hydrogen (secondary N) is 2. The summed E-state index contributed by atoms with van der Waals surface area (Å²) in [6.45, 7) is 2.26. The molecule has 39 heavy (non-hydrogen) atoms. The van der Waals surface area contributed by atoms with Crippen LogP contribution in [-0.4, -0.2) is 53.0 Å². The van der Waals surface area contributed by atoms with Gasteiger partial charge in [-0.05, 0) is 49.4 Å². The standard InChI is InChI=1S/C31H34ClN3O4/c1-19-12-13-22(18-23(19)32)34-28(36)25-24-14-16-31(39-24)26(25)30(38)35(17-15-20-8-4-2-5-9-20)27(31)29(37)33-21-10-6-3-7-11-21/h2,4-5,8-9,12-14,16,18,21,24-27H,3,6-7,10-11,15,17H2,1H3,(H,33,37)(H,34,36)/t24-,25+,26-,27-,31-/m0/s1. The molecule has 6 rings (SSSR count). The predicted octanol–water partition coefficient (Wildman–Crippen LogP) is 4.43. The molecule has 2 aromatic carbocycles. The SMILES string of the molecule is Cc1ccc(NC(=O)[C@@H]2[C@@H]3C=C[C@]4(O3)[C@@H]2C(=O)N(CCc2ccccc2)[C@H]4C(=O)NC2CCCCC2)cc1Cl. The third kappa shape index (κ3) is 4.66. The maximum Gasteiger partial charge on any atom is 0.246 e. The third-order valence-electron chi connectivity index (χ3n) is 8.80. The van der Waals surface area contributed by atoms with Gasteiger partial charge in [0.25, 0.3) is 0 Å². The third-order valence-corrected chi connectivity index (χ3v) is 9.21. The fourth-order valence-corrected chi connectivity index (χ4v) is 7.01. The predicted molar refractivity (Wildman–Crippen MR) is 149 cm³/mol. The summed E-state index contributed by atoms with van der Waals surface area (Å²) >= 11 is 6.28. The van der Waals surface area contributed by atoms with Gasteiger partial charge >= 0.3 is 0 Å². The maximum absolute atomic E-state index is 14.1. The van der Waals surface area contributed by atoms with Crippen LogP contribution in [0.5, 0.6) is 0 Å². The van der Waals surface area contributed by atoms with Crippen molar-refractivity contribution in [2.75, 3.05) is 11.9 Å². The van der Waals surface area contributed by atoms with Crippen LogP contribution in [0.4, 0.5) is 5.69 Å². The molecular weight excluding hydrogens is 514 g/mol. The number of anilines is 1. The van der Waals surface area contributed by atoms with Crippen molar-refractivity contribution in [1.82, 2.24) is 10.2 Å². The molecule has 0 unspecified atom stereocenters. The minimum atomic E-state index is -1.16. The second-order valence-electron chi connectivity index (χ2n) is 11.3. The Labute approximate surface area is 233 Å². The lowest BCUT2D eigenvalue weighted by molar-refractivity contribution is -0.141. The largest absolute Gasteiger partial charge is 0.359 e. The molecule has 0 aromatic heterocycles. The summed E-state index contributed by atoms with van der Waals surface area (Å²) in [4.78, 5) is 43.3. The van der Waals surface area contributed by atoms with Crippen molar-refractivity contribution in [3.05, 3.63) is 76.8 Å². The lowest BCUT2D eigenvalue weighted by Crippen LogP contribution is -2.56. The molecule has 0 radical (unpaired) electrons. The molecule has 3 fully saturated rings. The average molecular weight is 548 g/mol. The number of carbonyl (C=O) groups is 3. The fraction of sp³-hybridized carbons (Fsp3) is 0.452. The van der Waals surface area contributed by atoms with Crippen molar-refractivity contribution in [2.24, 2.45) is 11.8 Å². The van der Waals surface area contributed by atoms with Crippen LogP contribution in [0.1, 0.15) is 43.2 Å². The lowest BCUT2D eigenvalue weighted by Gasteiger charge is -2.34. The lowest BCUT2D eigenvalue weighted by atomic mass is 9.74. The quantitative estimate of drug-likeness (QED) is 0.502. The van der Waals surface area contributed by atoms with Crippen LogP contribution in [-0.2, 0) is 25.5 Å². The maximum atomic E-state index is 14.1. The summed E-state index contributed by atoms with van der Waals surface area (Å²) in [7, 11) is 0. The van der Waals surface area contributed by atoms with Crippen molar-refractivity contribution >= 4 is 35.0 Å². The zero-order chi connectivity index (χ0) is 27.1. The zero-order valence-electron chi connectivity index (χ0n) is 22.1. The number of carbonyl (C=O) groups excluding carboxylic acids is 3. The average Bonchev–Trinajstić information content (AvgIpc) is 3.58. The number of benzene rings is 2. The Hall–Kier alpha value is -3.16. The number of hydrogen-bond acceptors (Lipinski definition) is 4. The molecular formula is C31H34ClN3O4. The van der Waals surface area contributed by atoms with Gasteiger partial charge in [-0.1, -0.05) is 79.4 Å². The van der Waals surface area contributed by atoms with Gasteiger partial charge in [0.2, 0.25) is 17.7 Å². The minimum absolute atomic E-state index is 0.0979. The summed E-state index contributed by atoms with van der Waals surface area (Å²) in [6, 6.07) is 14.5. The molecule has 5 atom stereocenters. The van der Waals surface area contributed by atoms with Crippen molar-refractivity contribution in [3.8, 4) is 0 Å². The topological polar surface area (TPSA) is 87.7 Å². The molecule has 2 aromatic rings. The van der Waals surface area contributed by atoms with Crippen LogP contribution in [0.2, 0.25) is 5.02 Å². The van der Waals surface area contributed by atoms with E-state index in [1.54, 1.807) is 17.0 Å². The van der Waals surface area contributed by atoms with E-state index in [4.69, 9.17) is 16.3 Å². The van der Waals surface area contributed by atoms with E-state index in [9.17, 15) is 14.4 Å². The molecule has 7 nitrogen and oxygen atoms in total. The van der Waals surface area contributed by atoms with Crippen molar-refractivity contribution in [1.29, 1.82) is 0 Å². The minimum Gasteiger partial charge on any atom is -0.359 e. The van der Waals surface area contributed by atoms with E-state index in [-0.39, 0.29) is 23.8 Å². The second kappa shape index (κ2) is 10.4. The van der Waals surface area contributed by atoms with Gasteiger partial charge in [0, 0.05) is 23.3 Å². The number of halogens is 1. The van der Waals surface area contributed by atoms with Gasteiger partial charge < -0.3 is 20.3 Å². The van der Waals surface area contributed by atoms with Crippen LogP contribution in [0, 0.1) is 18.8 Å². The summed E-state index contributed by atoms with van der Waals surface area (Å²) in [5, 5.41) is 6.73. The Morgan fingerprint density at radius 1 is 1.08 bits per heavy atom. The van der Waals surface area contributed by atoms with Gasteiger partial charge in [0.15, 0.2) is 0 Å². The van der Waals surface area contributed by atoms with E-state index < -0.39 is 29.6 Å². The Morgan fingerprint density at radius 2 is 1.85 bits per heavy atom. The number of amides is 3. The highest BCUT2D eigenvalue weighted by Crippen LogP contribution is 2.55. The smallest absolute Gasteiger partial charge is 0.246 e. The van der Waals surface area contributed by atoms with E-state index in [0.29, 0.717) is 23.7 Å². The molecule has 4 aliphatic rings. The zero-order valence-corrected chi connectivity index (χ0v) is 22.8. The summed E-state index contributed by atoms with van der Waals surface area (Å²) in [6.07, 6.45) is 8.98. The molecule has 2 saturated heterocycles. The van der Waals surface area contributed by atoms with Gasteiger partial charge in [-0.2, -0.15) is 0 Å². The van der Waals surface area contributed by atoms with Crippen LogP contribution >= 0.6 is 11.6 Å². The molecule has 3 heterocycles. The van der Waals surface area contributed by atoms with Crippen molar-refractivity contribution in [3.63, 3.8) is 0 Å². The molecule has 3 amide bonds. The van der Waals surface area contributed by atoms with Gasteiger partial charge in [-0.3, -0.25) is 14.4 Å². The monoisotopic (exact) mass is 547 g/mol. The van der Waals surface area contributed by atoms with Gasteiger partial charge in [0.1, 0.15) is 11.6 Å². The van der Waals surface area contributed by atoms with Gasteiger partial charge in [-0.15, -0.1) is 0 Å². The van der Waals surface area contributed by atoms with Crippen LogP contribution in [0.15, 0.2) is 60.7 Å². The van der Waals surface area contributed by atoms with E-state index in [1.165, 1.54) is 6.42 Å². The normalized spacial score (nSPS) is 29.5. The first-order valence-electron chi connectivity index (χ1n) is 14.0. The van der Waals surface area contributed by atoms with E-state index >= 15 is 0 Å². The van der Waals surface area contributed by atoms with Crippen molar-refractivity contribution in [2.45, 2.75) is 69.2 Å². The van der Waals surface area contributed by atoms with E-state index in [2.05, 4.69) is 10.6 Å². The van der Waals surface area contributed by atoms with Crippen molar-refractivity contribution < 1.29 is 19.1 Å². The molecule has 3 aliphatic heterocycles. The number of likely N-dealkylation sites (tertiary alicyclic amines) is 1. The number of rotatable bonds is 7. The highest BCUT2D eigenvalue weighted by atomic mass is 35.5. The Morgan fingerprint density at radius 3 is 2.59 bits per heavy atom. The van der Waals surface area contributed by atoms with Crippen LogP contribution in [0.25, 0.3) is 0 Å². The highest BCUT2D eigenvalue weighted by Gasteiger charge is 2.72. The summed E-state index contributed by atoms with van der Waals surface area (Å²) < 4.78 is 6.45. The number of aryl methyl sites for hydroxylation is 1. The highest BCUT2D eigenvalue weighted by molar-refractivity contribution is 6.31. The molecule has 2 bridgehead atoms.